The van der Waals surface area contributed by atoms with Gasteiger partial charge in [0.25, 0.3) is 5.91 Å². The highest BCUT2D eigenvalue weighted by Crippen LogP contribution is 2.26. The number of likely N-dealkylation sites (tertiary alicyclic amines) is 1. The summed E-state index contributed by atoms with van der Waals surface area (Å²) >= 11 is 0. The lowest BCUT2D eigenvalue weighted by Crippen LogP contribution is -2.41. The van der Waals surface area contributed by atoms with E-state index in [0.29, 0.717) is 18.8 Å². The summed E-state index contributed by atoms with van der Waals surface area (Å²) in [4.78, 5) is 23.5. The van der Waals surface area contributed by atoms with Crippen molar-refractivity contribution < 1.29 is 13.9 Å². The summed E-state index contributed by atoms with van der Waals surface area (Å²) in [6.45, 7) is 3.21. The lowest BCUT2D eigenvalue weighted by molar-refractivity contribution is -0.134. The Hall–Kier alpha value is -3.22. The van der Waals surface area contributed by atoms with E-state index in [1.54, 1.807) is 6.20 Å². The van der Waals surface area contributed by atoms with Crippen LogP contribution in [0.2, 0.25) is 0 Å². The SMILES string of the molecule is Cc1nccn1-c1cccc([C@H]2CCCN(C(=O)COc3ccc(F)cc3)C2)n1. The van der Waals surface area contributed by atoms with E-state index in [0.717, 1.165) is 30.2 Å². The van der Waals surface area contributed by atoms with Gasteiger partial charge in [-0.1, -0.05) is 6.07 Å². The number of imidazole rings is 1. The number of aryl methyl sites for hydroxylation is 1. The molecule has 0 unspecified atom stereocenters. The van der Waals surface area contributed by atoms with E-state index in [1.165, 1.54) is 24.3 Å². The molecule has 3 heterocycles. The molecule has 2 aromatic heterocycles. The summed E-state index contributed by atoms with van der Waals surface area (Å²) in [5.41, 5.74) is 0.979. The van der Waals surface area contributed by atoms with Crippen molar-refractivity contribution in [1.29, 1.82) is 0 Å². The van der Waals surface area contributed by atoms with Crippen LogP contribution >= 0.6 is 0 Å². The van der Waals surface area contributed by atoms with Crippen molar-refractivity contribution in [2.75, 3.05) is 19.7 Å². The summed E-state index contributed by atoms with van der Waals surface area (Å²) < 4.78 is 20.4. The molecule has 1 fully saturated rings. The predicted molar refractivity (Wildman–Crippen MR) is 107 cm³/mol. The average molecular weight is 394 g/mol. The number of carbonyl (C=O) groups is 1. The normalized spacial score (nSPS) is 16.6. The monoisotopic (exact) mass is 394 g/mol. The van der Waals surface area contributed by atoms with Crippen LogP contribution in [0.25, 0.3) is 5.82 Å². The number of nitrogens with zero attached hydrogens (tertiary/aromatic N) is 4. The number of rotatable bonds is 5. The number of amides is 1. The van der Waals surface area contributed by atoms with Crippen LogP contribution in [-0.2, 0) is 4.79 Å². The van der Waals surface area contributed by atoms with Gasteiger partial charge < -0.3 is 9.64 Å². The Labute approximate surface area is 169 Å². The van der Waals surface area contributed by atoms with Crippen LogP contribution in [0, 0.1) is 12.7 Å². The van der Waals surface area contributed by atoms with Gasteiger partial charge in [-0.2, -0.15) is 0 Å². The van der Waals surface area contributed by atoms with E-state index in [1.807, 2.05) is 40.8 Å². The van der Waals surface area contributed by atoms with Crippen molar-refractivity contribution in [2.45, 2.75) is 25.7 Å². The van der Waals surface area contributed by atoms with Crippen LogP contribution in [0.4, 0.5) is 4.39 Å². The Morgan fingerprint density at radius 1 is 1.24 bits per heavy atom. The van der Waals surface area contributed by atoms with Gasteiger partial charge in [-0.15, -0.1) is 0 Å². The molecular weight excluding hydrogens is 371 g/mol. The van der Waals surface area contributed by atoms with Crippen molar-refractivity contribution >= 4 is 5.91 Å². The third kappa shape index (κ3) is 4.45. The molecule has 0 aliphatic carbocycles. The molecule has 1 aliphatic heterocycles. The standard InChI is InChI=1S/C22H23FN4O2/c1-16-24-11-13-27(16)21-6-2-5-20(25-21)17-4-3-12-26(14-17)22(28)15-29-19-9-7-18(23)8-10-19/h2,5-11,13,17H,3-4,12,14-15H2,1H3/t17-/m0/s1. The molecule has 0 saturated carbocycles. The fourth-order valence-corrected chi connectivity index (χ4v) is 3.63. The molecule has 1 amide bonds. The van der Waals surface area contributed by atoms with E-state index in [-0.39, 0.29) is 24.2 Å². The van der Waals surface area contributed by atoms with Gasteiger partial charge in [0.05, 0.1) is 0 Å². The highest BCUT2D eigenvalue weighted by atomic mass is 19.1. The molecule has 0 radical (unpaired) electrons. The molecule has 4 rings (SSSR count). The van der Waals surface area contributed by atoms with Gasteiger partial charge in [-0.25, -0.2) is 14.4 Å². The summed E-state index contributed by atoms with van der Waals surface area (Å²) in [5, 5.41) is 0. The lowest BCUT2D eigenvalue weighted by atomic mass is 9.94. The minimum atomic E-state index is -0.330. The molecule has 150 valence electrons. The maximum atomic E-state index is 13.0. The predicted octanol–water partition coefficient (Wildman–Crippen LogP) is 3.50. The van der Waals surface area contributed by atoms with Crippen molar-refractivity contribution in [3.63, 3.8) is 0 Å². The van der Waals surface area contributed by atoms with E-state index in [2.05, 4.69) is 4.98 Å². The van der Waals surface area contributed by atoms with Gasteiger partial charge in [-0.05, 0) is 56.2 Å². The third-order valence-corrected chi connectivity index (χ3v) is 5.20. The summed E-state index contributed by atoms with van der Waals surface area (Å²) in [5.74, 6) is 1.98. The molecule has 1 atom stereocenters. The first-order chi connectivity index (χ1) is 14.1. The molecule has 7 heteroatoms. The lowest BCUT2D eigenvalue weighted by Gasteiger charge is -2.32. The van der Waals surface area contributed by atoms with Crippen molar-refractivity contribution in [3.05, 3.63) is 72.2 Å². The number of piperidine rings is 1. The van der Waals surface area contributed by atoms with Gasteiger partial charge in [0.2, 0.25) is 0 Å². The number of halogens is 1. The number of hydrogen-bond donors (Lipinski definition) is 0. The minimum Gasteiger partial charge on any atom is -0.484 e. The molecule has 0 spiro atoms. The molecule has 6 nitrogen and oxygen atoms in total. The van der Waals surface area contributed by atoms with Crippen LogP contribution in [0.5, 0.6) is 5.75 Å². The number of carbonyl (C=O) groups excluding carboxylic acids is 1. The maximum absolute atomic E-state index is 13.0. The van der Waals surface area contributed by atoms with Gasteiger partial charge >= 0.3 is 0 Å². The summed E-state index contributed by atoms with van der Waals surface area (Å²) in [6.07, 6.45) is 5.56. The minimum absolute atomic E-state index is 0.0555. The van der Waals surface area contributed by atoms with Crippen LogP contribution in [0.3, 0.4) is 0 Å². The Balaban J connectivity index is 1.41. The van der Waals surface area contributed by atoms with Gasteiger partial charge in [0.15, 0.2) is 6.61 Å². The fraction of sp³-hybridized carbons (Fsp3) is 0.318. The molecule has 0 N–H and O–H groups in total. The van der Waals surface area contributed by atoms with Gasteiger partial charge in [0.1, 0.15) is 23.2 Å². The van der Waals surface area contributed by atoms with Crippen molar-refractivity contribution in [1.82, 2.24) is 19.4 Å². The molecule has 1 aliphatic rings. The second-order valence-electron chi connectivity index (χ2n) is 7.19. The number of ether oxygens (including phenoxy) is 1. The summed E-state index contributed by atoms with van der Waals surface area (Å²) in [7, 11) is 0. The van der Waals surface area contributed by atoms with E-state index in [9.17, 15) is 9.18 Å². The van der Waals surface area contributed by atoms with Crippen molar-refractivity contribution in [2.24, 2.45) is 0 Å². The van der Waals surface area contributed by atoms with Crippen LogP contribution in [0.15, 0.2) is 54.9 Å². The first-order valence-electron chi connectivity index (χ1n) is 9.73. The molecule has 1 saturated heterocycles. The van der Waals surface area contributed by atoms with Crippen LogP contribution < -0.4 is 4.74 Å². The zero-order valence-corrected chi connectivity index (χ0v) is 16.3. The number of hydrogen-bond acceptors (Lipinski definition) is 4. The zero-order valence-electron chi connectivity index (χ0n) is 16.3. The topological polar surface area (TPSA) is 60.2 Å². The molecule has 3 aromatic rings. The average Bonchev–Trinajstić information content (AvgIpc) is 3.19. The zero-order chi connectivity index (χ0) is 20.2. The Morgan fingerprint density at radius 3 is 2.83 bits per heavy atom. The van der Waals surface area contributed by atoms with Crippen LogP contribution in [-0.4, -0.2) is 45.0 Å². The maximum Gasteiger partial charge on any atom is 0.260 e. The third-order valence-electron chi connectivity index (χ3n) is 5.20. The Morgan fingerprint density at radius 2 is 2.07 bits per heavy atom. The Bertz CT molecular complexity index is 986. The summed E-state index contributed by atoms with van der Waals surface area (Å²) in [6, 6.07) is 11.7. The molecule has 0 bridgehead atoms. The first-order valence-corrected chi connectivity index (χ1v) is 9.73. The number of aromatic nitrogens is 3. The van der Waals surface area contributed by atoms with E-state index >= 15 is 0 Å². The van der Waals surface area contributed by atoms with Crippen LogP contribution in [0.1, 0.15) is 30.3 Å². The van der Waals surface area contributed by atoms with E-state index < -0.39 is 0 Å². The smallest absolute Gasteiger partial charge is 0.260 e. The highest BCUT2D eigenvalue weighted by molar-refractivity contribution is 5.78. The van der Waals surface area contributed by atoms with Gasteiger partial charge in [0, 0.05) is 37.1 Å². The van der Waals surface area contributed by atoms with E-state index in [4.69, 9.17) is 9.72 Å². The second kappa shape index (κ2) is 8.43. The highest BCUT2D eigenvalue weighted by Gasteiger charge is 2.26. The molecule has 29 heavy (non-hydrogen) atoms. The quantitative estimate of drug-likeness (QED) is 0.665. The van der Waals surface area contributed by atoms with Gasteiger partial charge in [-0.3, -0.25) is 9.36 Å². The molecular formula is C22H23FN4O2. The number of benzene rings is 1. The number of pyridine rings is 1. The molecule has 1 aromatic carbocycles. The first kappa shape index (κ1) is 19.1. The fourth-order valence-electron chi connectivity index (χ4n) is 3.63. The van der Waals surface area contributed by atoms with Crippen molar-refractivity contribution in [3.8, 4) is 11.6 Å². The largest absolute Gasteiger partial charge is 0.484 e. The Kier molecular flexibility index (Phi) is 5.55. The second-order valence-corrected chi connectivity index (χ2v) is 7.19.